The number of fused-ring (bicyclic) bond motifs is 3. The summed E-state index contributed by atoms with van der Waals surface area (Å²) in [5.74, 6) is 0.596. The summed E-state index contributed by atoms with van der Waals surface area (Å²) in [5.41, 5.74) is 2.53. The minimum atomic E-state index is -0.264. The van der Waals surface area contributed by atoms with Crippen LogP contribution in [0.4, 0.5) is 10.2 Å². The van der Waals surface area contributed by atoms with Crippen LogP contribution < -0.4 is 4.90 Å². The molecule has 1 amide bonds. The van der Waals surface area contributed by atoms with Crippen LogP contribution in [-0.2, 0) is 16.0 Å². The van der Waals surface area contributed by atoms with Gasteiger partial charge in [0, 0.05) is 31.4 Å². The fraction of sp³-hybridized carbons (Fsp3) is 0.435. The van der Waals surface area contributed by atoms with Crippen molar-refractivity contribution in [2.45, 2.75) is 43.9 Å². The Kier molecular flexibility index (Phi) is 4.87. The van der Waals surface area contributed by atoms with Crippen molar-refractivity contribution >= 4 is 11.7 Å². The molecule has 3 unspecified atom stereocenters. The fourth-order valence-corrected chi connectivity index (χ4v) is 5.06. The Balaban J connectivity index is 1.21. The van der Waals surface area contributed by atoms with E-state index < -0.39 is 0 Å². The van der Waals surface area contributed by atoms with Gasteiger partial charge in [-0.2, -0.15) is 5.26 Å². The van der Waals surface area contributed by atoms with E-state index in [2.05, 4.69) is 16.0 Å². The number of carbonyl (C=O) groups is 1. The lowest BCUT2D eigenvalue weighted by molar-refractivity contribution is -0.139. The fourth-order valence-electron chi connectivity index (χ4n) is 5.06. The van der Waals surface area contributed by atoms with E-state index in [0.717, 1.165) is 42.6 Å². The van der Waals surface area contributed by atoms with Crippen LogP contribution in [0.3, 0.4) is 0 Å². The highest BCUT2D eigenvalue weighted by atomic mass is 19.1. The molecule has 3 heterocycles. The van der Waals surface area contributed by atoms with Crippen LogP contribution in [0, 0.1) is 17.1 Å². The highest BCUT2D eigenvalue weighted by Crippen LogP contribution is 2.36. The molecule has 3 atom stereocenters. The number of benzene rings is 1. The van der Waals surface area contributed by atoms with Crippen molar-refractivity contribution in [1.82, 2.24) is 9.88 Å². The molecule has 1 aromatic carbocycles. The number of amides is 1. The first-order chi connectivity index (χ1) is 14.6. The zero-order chi connectivity index (χ0) is 20.7. The third-order valence-corrected chi connectivity index (χ3v) is 6.52. The van der Waals surface area contributed by atoms with Crippen molar-refractivity contribution in [3.8, 4) is 6.07 Å². The third kappa shape index (κ3) is 3.41. The highest BCUT2D eigenvalue weighted by Gasteiger charge is 2.42. The van der Waals surface area contributed by atoms with Crippen LogP contribution in [0.15, 0.2) is 36.5 Å². The molecule has 1 aliphatic carbocycles. The normalized spacial score (nSPS) is 24.6. The van der Waals surface area contributed by atoms with Crippen molar-refractivity contribution in [2.24, 2.45) is 0 Å². The molecule has 6 nitrogen and oxygen atoms in total. The molecule has 0 spiro atoms. The second-order valence-electron chi connectivity index (χ2n) is 8.29. The molecule has 2 fully saturated rings. The monoisotopic (exact) mass is 406 g/mol. The highest BCUT2D eigenvalue weighted by molar-refractivity contribution is 5.78. The van der Waals surface area contributed by atoms with Crippen LogP contribution in [-0.4, -0.2) is 47.6 Å². The first-order valence-electron chi connectivity index (χ1n) is 10.4. The van der Waals surface area contributed by atoms with Crippen molar-refractivity contribution < 1.29 is 13.9 Å². The molecule has 3 aliphatic rings. The lowest BCUT2D eigenvalue weighted by Crippen LogP contribution is -2.56. The van der Waals surface area contributed by atoms with E-state index in [4.69, 9.17) is 10.00 Å². The minimum absolute atomic E-state index is 0.0100. The van der Waals surface area contributed by atoms with Gasteiger partial charge in [-0.3, -0.25) is 4.79 Å². The average molecular weight is 406 g/mol. The zero-order valence-corrected chi connectivity index (χ0v) is 16.6. The summed E-state index contributed by atoms with van der Waals surface area (Å²) in [6.07, 6.45) is 5.08. The topological polar surface area (TPSA) is 69.5 Å². The van der Waals surface area contributed by atoms with Gasteiger partial charge >= 0.3 is 0 Å². The number of hydrogen-bond acceptors (Lipinski definition) is 5. The van der Waals surface area contributed by atoms with Gasteiger partial charge in [0.05, 0.1) is 11.7 Å². The van der Waals surface area contributed by atoms with Gasteiger partial charge in [0.2, 0.25) is 5.91 Å². The number of halogens is 1. The Hall–Kier alpha value is -2.98. The molecule has 2 aliphatic heterocycles. The molecule has 154 valence electrons. The molecule has 2 bridgehead atoms. The molecule has 2 saturated heterocycles. The summed E-state index contributed by atoms with van der Waals surface area (Å²) < 4.78 is 19.5. The molecular weight excluding hydrogens is 383 g/mol. The summed E-state index contributed by atoms with van der Waals surface area (Å²) in [7, 11) is 0. The van der Waals surface area contributed by atoms with E-state index in [9.17, 15) is 9.18 Å². The lowest BCUT2D eigenvalue weighted by atomic mass is 10.1. The first kappa shape index (κ1) is 19.0. The van der Waals surface area contributed by atoms with E-state index in [1.807, 2.05) is 17.0 Å². The number of rotatable bonds is 4. The second-order valence-corrected chi connectivity index (χ2v) is 8.29. The summed E-state index contributed by atoms with van der Waals surface area (Å²) >= 11 is 0. The molecule has 30 heavy (non-hydrogen) atoms. The smallest absolute Gasteiger partial charge is 0.248 e. The zero-order valence-electron chi connectivity index (χ0n) is 16.6. The maximum Gasteiger partial charge on any atom is 0.248 e. The summed E-state index contributed by atoms with van der Waals surface area (Å²) in [6.45, 7) is 1.32. The molecule has 1 aromatic heterocycles. The van der Waals surface area contributed by atoms with E-state index in [0.29, 0.717) is 18.7 Å². The molecule has 0 N–H and O–H groups in total. The number of hydrogen-bond donors (Lipinski definition) is 0. The molecular formula is C23H23FN4O2. The van der Waals surface area contributed by atoms with Crippen molar-refractivity contribution in [1.29, 1.82) is 5.26 Å². The van der Waals surface area contributed by atoms with E-state index >= 15 is 0 Å². The Bertz CT molecular complexity index is 989. The number of aromatic nitrogens is 1. The van der Waals surface area contributed by atoms with Crippen molar-refractivity contribution in [2.75, 3.05) is 24.6 Å². The maximum atomic E-state index is 13.6. The van der Waals surface area contributed by atoms with Crippen molar-refractivity contribution in [3.63, 3.8) is 0 Å². The summed E-state index contributed by atoms with van der Waals surface area (Å²) in [5, 5.41) is 8.97. The number of nitrogens with zero attached hydrogens (tertiary/aromatic N) is 4. The summed E-state index contributed by atoms with van der Waals surface area (Å²) in [6, 6.07) is 11.0. The first-order valence-corrected chi connectivity index (χ1v) is 10.4. The number of anilines is 1. The number of carbonyl (C=O) groups excluding carboxylic acids is 1. The molecule has 2 aromatic rings. The van der Waals surface area contributed by atoms with Crippen molar-refractivity contribution in [3.05, 3.63) is 59.0 Å². The lowest BCUT2D eigenvalue weighted by Gasteiger charge is -2.41. The minimum Gasteiger partial charge on any atom is -0.364 e. The molecule has 0 radical (unpaired) electrons. The average Bonchev–Trinajstić information content (AvgIpc) is 3.28. The van der Waals surface area contributed by atoms with Gasteiger partial charge in [0.15, 0.2) is 0 Å². The number of likely N-dealkylation sites (tertiary alicyclic amines) is 1. The van der Waals surface area contributed by atoms with Gasteiger partial charge in [-0.25, -0.2) is 9.37 Å². The third-order valence-electron chi connectivity index (χ3n) is 6.52. The predicted molar refractivity (Wildman–Crippen MR) is 108 cm³/mol. The molecule has 5 rings (SSSR count). The standard InChI is InChI=1S/C23H23FN4O2/c24-17-4-2-16-3-7-21(20(16)9-17)30-14-23(29)27-12-18-5-6-19(13-27)28(18)22-8-1-15(10-25)11-26-22/h1-2,4,8-9,11,18-19,21H,3,5-7,12-14H2. The number of pyridine rings is 1. The molecule has 7 heteroatoms. The number of ether oxygens (including phenoxy) is 1. The van der Waals surface area contributed by atoms with Gasteiger partial charge in [0.1, 0.15) is 24.3 Å². The van der Waals surface area contributed by atoms with Crippen LogP contribution in [0.1, 0.15) is 42.1 Å². The predicted octanol–water partition coefficient (Wildman–Crippen LogP) is 2.98. The van der Waals surface area contributed by atoms with Crippen LogP contribution in [0.2, 0.25) is 0 Å². The van der Waals surface area contributed by atoms with E-state index in [1.54, 1.807) is 12.3 Å². The van der Waals surface area contributed by atoms with Gasteiger partial charge in [-0.05, 0) is 61.1 Å². The number of aryl methyl sites for hydroxylation is 1. The van der Waals surface area contributed by atoms with Gasteiger partial charge in [-0.1, -0.05) is 6.07 Å². The Morgan fingerprint density at radius 3 is 2.70 bits per heavy atom. The largest absolute Gasteiger partial charge is 0.364 e. The number of nitriles is 1. The molecule has 0 saturated carbocycles. The SMILES string of the molecule is N#Cc1ccc(N2C3CCC2CN(C(=O)COC2CCc4ccc(F)cc42)C3)nc1. The number of piperazine rings is 1. The maximum absolute atomic E-state index is 13.6. The van der Waals surface area contributed by atoms with E-state index in [1.165, 1.54) is 12.1 Å². The quantitative estimate of drug-likeness (QED) is 0.781. The van der Waals surface area contributed by atoms with Gasteiger partial charge in [-0.15, -0.1) is 0 Å². The Morgan fingerprint density at radius 1 is 1.20 bits per heavy atom. The van der Waals surface area contributed by atoms with Crippen LogP contribution >= 0.6 is 0 Å². The van der Waals surface area contributed by atoms with Gasteiger partial charge < -0.3 is 14.5 Å². The van der Waals surface area contributed by atoms with Crippen LogP contribution in [0.5, 0.6) is 0 Å². The van der Waals surface area contributed by atoms with Gasteiger partial charge in [0.25, 0.3) is 0 Å². The van der Waals surface area contributed by atoms with E-state index in [-0.39, 0.29) is 36.5 Å². The Morgan fingerprint density at radius 2 is 2.00 bits per heavy atom. The Labute approximate surface area is 174 Å². The van der Waals surface area contributed by atoms with Crippen LogP contribution in [0.25, 0.3) is 0 Å². The summed E-state index contributed by atoms with van der Waals surface area (Å²) in [4.78, 5) is 21.5. The second kappa shape index (κ2) is 7.69.